The summed E-state index contributed by atoms with van der Waals surface area (Å²) < 4.78 is 27.8. The van der Waals surface area contributed by atoms with Crippen LogP contribution in [0.1, 0.15) is 44.7 Å². The van der Waals surface area contributed by atoms with Gasteiger partial charge in [0.1, 0.15) is 0 Å². The second-order valence-electron chi connectivity index (χ2n) is 7.74. The van der Waals surface area contributed by atoms with E-state index in [1.54, 1.807) is 28.4 Å². The Morgan fingerprint density at radius 1 is 1.25 bits per heavy atom. The molecule has 1 fully saturated rings. The first kappa shape index (κ1) is 17.4. The Morgan fingerprint density at radius 2 is 1.92 bits per heavy atom. The molecule has 2 heterocycles. The Hall–Kier alpha value is -1.40. The van der Waals surface area contributed by atoms with Crippen molar-refractivity contribution in [3.05, 3.63) is 23.3 Å². The molecule has 0 spiro atoms. The van der Waals surface area contributed by atoms with Gasteiger partial charge in [-0.15, -0.1) is 0 Å². The molecule has 1 amide bonds. The van der Waals surface area contributed by atoms with Crippen molar-refractivity contribution >= 4 is 21.6 Å². The van der Waals surface area contributed by atoms with Crippen LogP contribution in [0.3, 0.4) is 0 Å². The smallest absolute Gasteiger partial charge is 0.243 e. The third-order valence-electron chi connectivity index (χ3n) is 5.38. The van der Waals surface area contributed by atoms with E-state index in [1.165, 1.54) is 0 Å². The summed E-state index contributed by atoms with van der Waals surface area (Å²) in [7, 11) is -1.77. The number of carbonyl (C=O) groups is 1. The van der Waals surface area contributed by atoms with Crippen LogP contribution in [0.4, 0.5) is 5.69 Å². The molecule has 2 aliphatic heterocycles. The van der Waals surface area contributed by atoms with Gasteiger partial charge in [-0.3, -0.25) is 4.79 Å². The second kappa shape index (κ2) is 5.56. The number of sulfonamides is 1. The summed E-state index contributed by atoms with van der Waals surface area (Å²) in [6.07, 6.45) is 1.97. The minimum Gasteiger partial charge on any atom is -0.314 e. The summed E-state index contributed by atoms with van der Waals surface area (Å²) in [5.74, 6) is 0.384. The molecule has 0 aromatic heterocycles. The van der Waals surface area contributed by atoms with Crippen molar-refractivity contribution in [3.63, 3.8) is 0 Å². The predicted octanol–water partition coefficient (Wildman–Crippen LogP) is 2.67. The number of amides is 1. The van der Waals surface area contributed by atoms with Crippen LogP contribution in [0.2, 0.25) is 0 Å². The largest absolute Gasteiger partial charge is 0.314 e. The minimum atomic E-state index is -3.52. The van der Waals surface area contributed by atoms with Gasteiger partial charge >= 0.3 is 0 Å². The first-order valence-corrected chi connectivity index (χ1v) is 9.94. The van der Waals surface area contributed by atoms with Gasteiger partial charge in [-0.1, -0.05) is 6.92 Å². The number of rotatable bonds is 2. The van der Waals surface area contributed by atoms with E-state index in [2.05, 4.69) is 6.92 Å². The topological polar surface area (TPSA) is 57.7 Å². The summed E-state index contributed by atoms with van der Waals surface area (Å²) in [5.41, 5.74) is 1.78. The zero-order valence-corrected chi connectivity index (χ0v) is 15.9. The Bertz CT molecular complexity index is 799. The van der Waals surface area contributed by atoms with E-state index >= 15 is 0 Å². The van der Waals surface area contributed by atoms with Crippen molar-refractivity contribution in [2.75, 3.05) is 25.0 Å². The molecular weight excluding hydrogens is 324 g/mol. The number of hydrogen-bond donors (Lipinski definition) is 0. The number of carbonyl (C=O) groups excluding carboxylic acids is 1. The molecule has 0 bridgehead atoms. The number of likely N-dealkylation sites (N-methyl/N-ethyl adjacent to an activating group) is 1. The van der Waals surface area contributed by atoms with Gasteiger partial charge in [0.05, 0.1) is 16.0 Å². The maximum absolute atomic E-state index is 13.1. The van der Waals surface area contributed by atoms with Crippen LogP contribution in [0.25, 0.3) is 0 Å². The molecule has 5 nitrogen and oxygen atoms in total. The van der Waals surface area contributed by atoms with Crippen LogP contribution in [0, 0.1) is 12.8 Å². The summed E-state index contributed by atoms with van der Waals surface area (Å²) >= 11 is 0. The third kappa shape index (κ3) is 2.47. The number of fused-ring (bicyclic) bond motifs is 1. The Balaban J connectivity index is 2.10. The average molecular weight is 350 g/mol. The van der Waals surface area contributed by atoms with Crippen LogP contribution in [0.15, 0.2) is 17.0 Å². The van der Waals surface area contributed by atoms with Crippen molar-refractivity contribution in [1.82, 2.24) is 4.31 Å². The van der Waals surface area contributed by atoms with Gasteiger partial charge in [0.25, 0.3) is 0 Å². The lowest BCUT2D eigenvalue weighted by molar-refractivity contribution is -0.121. The fourth-order valence-corrected chi connectivity index (χ4v) is 5.68. The van der Waals surface area contributed by atoms with Gasteiger partial charge in [-0.2, -0.15) is 4.31 Å². The van der Waals surface area contributed by atoms with E-state index < -0.39 is 15.4 Å². The molecule has 1 aromatic rings. The quantitative estimate of drug-likeness (QED) is 0.824. The molecule has 0 radical (unpaired) electrons. The van der Waals surface area contributed by atoms with Crippen molar-refractivity contribution in [2.45, 2.75) is 50.8 Å². The van der Waals surface area contributed by atoms with Gasteiger partial charge < -0.3 is 4.90 Å². The molecule has 132 valence electrons. The van der Waals surface area contributed by atoms with E-state index in [-0.39, 0.29) is 5.91 Å². The molecule has 0 aliphatic carbocycles. The lowest BCUT2D eigenvalue weighted by Crippen LogP contribution is -2.39. The van der Waals surface area contributed by atoms with Crippen LogP contribution in [-0.4, -0.2) is 38.8 Å². The molecular formula is C18H26N2O3S. The average Bonchev–Trinajstić information content (AvgIpc) is 2.68. The zero-order chi connectivity index (χ0) is 17.9. The van der Waals surface area contributed by atoms with Gasteiger partial charge in [-0.25, -0.2) is 8.42 Å². The van der Waals surface area contributed by atoms with Crippen LogP contribution >= 0.6 is 0 Å². The Labute approximate surface area is 144 Å². The summed E-state index contributed by atoms with van der Waals surface area (Å²) in [4.78, 5) is 14.5. The Kier molecular flexibility index (Phi) is 4.04. The molecule has 1 aromatic carbocycles. The lowest BCUT2D eigenvalue weighted by Gasteiger charge is -2.30. The van der Waals surface area contributed by atoms with Crippen molar-refractivity contribution < 1.29 is 13.2 Å². The fourth-order valence-electron chi connectivity index (χ4n) is 3.97. The molecule has 24 heavy (non-hydrogen) atoms. The number of anilines is 1. The van der Waals surface area contributed by atoms with Gasteiger partial charge in [0.2, 0.25) is 15.9 Å². The highest BCUT2D eigenvalue weighted by Gasteiger charge is 2.44. The van der Waals surface area contributed by atoms with E-state index in [4.69, 9.17) is 0 Å². The molecule has 0 N–H and O–H groups in total. The van der Waals surface area contributed by atoms with Crippen LogP contribution < -0.4 is 4.90 Å². The normalized spacial score (nSPS) is 24.3. The molecule has 2 aliphatic rings. The Morgan fingerprint density at radius 3 is 2.54 bits per heavy atom. The van der Waals surface area contributed by atoms with Gasteiger partial charge in [0.15, 0.2) is 0 Å². The summed E-state index contributed by atoms with van der Waals surface area (Å²) in [5, 5.41) is 0. The molecule has 3 rings (SSSR count). The second-order valence-corrected chi connectivity index (χ2v) is 9.67. The van der Waals surface area contributed by atoms with Crippen molar-refractivity contribution in [2.24, 2.45) is 5.92 Å². The zero-order valence-electron chi connectivity index (χ0n) is 15.1. The summed E-state index contributed by atoms with van der Waals surface area (Å²) in [6, 6.07) is 3.41. The van der Waals surface area contributed by atoms with E-state index in [0.717, 1.165) is 29.7 Å². The lowest BCUT2D eigenvalue weighted by atomic mass is 9.85. The number of benzene rings is 1. The highest BCUT2D eigenvalue weighted by molar-refractivity contribution is 7.89. The van der Waals surface area contributed by atoms with E-state index in [0.29, 0.717) is 23.9 Å². The summed E-state index contributed by atoms with van der Waals surface area (Å²) in [6.45, 7) is 8.83. The number of nitrogens with zero attached hydrogens (tertiary/aromatic N) is 2. The number of hydrogen-bond acceptors (Lipinski definition) is 3. The minimum absolute atomic E-state index is 0.00161. The van der Waals surface area contributed by atoms with E-state index in [1.807, 2.05) is 20.8 Å². The molecule has 6 heteroatoms. The maximum Gasteiger partial charge on any atom is 0.243 e. The fraction of sp³-hybridized carbons (Fsp3) is 0.611. The highest BCUT2D eigenvalue weighted by atomic mass is 32.2. The molecule has 0 saturated carbocycles. The SMILES string of the molecule is Cc1cc(S(=O)(=O)N2CCC[C@@H](C)C2)cc2c1N(C)C(=O)C2(C)C. The van der Waals surface area contributed by atoms with Crippen LogP contribution in [0.5, 0.6) is 0 Å². The van der Waals surface area contributed by atoms with Gasteiger partial charge in [-0.05, 0) is 62.8 Å². The molecule has 1 atom stereocenters. The molecule has 0 unspecified atom stereocenters. The first-order chi connectivity index (χ1) is 11.1. The monoisotopic (exact) mass is 350 g/mol. The molecule has 1 saturated heterocycles. The number of aryl methyl sites for hydroxylation is 1. The van der Waals surface area contributed by atoms with Crippen molar-refractivity contribution in [3.8, 4) is 0 Å². The predicted molar refractivity (Wildman–Crippen MR) is 94.8 cm³/mol. The standard InChI is InChI=1S/C18H26N2O3S/c1-12-7-6-8-20(11-12)24(22,23)14-9-13(2)16-15(10-14)18(3,4)17(21)19(16)5/h9-10,12H,6-8,11H2,1-5H3/t12-/m1/s1. The van der Waals surface area contributed by atoms with Crippen LogP contribution in [-0.2, 0) is 20.2 Å². The van der Waals surface area contributed by atoms with Crippen molar-refractivity contribution in [1.29, 1.82) is 0 Å². The highest BCUT2D eigenvalue weighted by Crippen LogP contribution is 2.44. The van der Waals surface area contributed by atoms with Gasteiger partial charge in [0, 0.05) is 20.1 Å². The first-order valence-electron chi connectivity index (χ1n) is 8.50. The third-order valence-corrected chi connectivity index (χ3v) is 7.22. The maximum atomic E-state index is 13.1. The number of piperidine rings is 1. The van der Waals surface area contributed by atoms with E-state index in [9.17, 15) is 13.2 Å².